The van der Waals surface area contributed by atoms with E-state index in [4.69, 9.17) is 4.74 Å². The molecule has 5 heteroatoms. The molecule has 0 spiro atoms. The Morgan fingerprint density at radius 2 is 2.17 bits per heavy atom. The topological polar surface area (TPSA) is 27.1 Å². The van der Waals surface area contributed by atoms with Crippen LogP contribution >= 0.6 is 0 Å². The van der Waals surface area contributed by atoms with Gasteiger partial charge in [0, 0.05) is 32.3 Å². The molecule has 0 saturated carbocycles. The Bertz CT molecular complexity index is 533. The molecule has 0 unspecified atom stereocenters. The number of nitrogens with zero attached hydrogens (tertiary/aromatic N) is 2. The van der Waals surface area contributed by atoms with Crippen LogP contribution in [0.25, 0.3) is 11.0 Å². The fourth-order valence-corrected chi connectivity index (χ4v) is 2.47. The van der Waals surface area contributed by atoms with E-state index in [0.717, 1.165) is 11.4 Å². The number of ether oxygens (including phenoxy) is 1. The van der Waals surface area contributed by atoms with Crippen molar-refractivity contribution in [1.29, 1.82) is 0 Å². The third-order valence-electron chi connectivity index (χ3n) is 2.82. The summed E-state index contributed by atoms with van der Waals surface area (Å²) in [6, 6.07) is 6.23. The van der Waals surface area contributed by atoms with E-state index in [1.807, 2.05) is 6.07 Å². The smallest absolute Gasteiger partial charge is 0.197 e. The first-order chi connectivity index (χ1) is 8.47. The van der Waals surface area contributed by atoms with Gasteiger partial charge in [-0.1, -0.05) is 19.6 Å². The molecule has 0 saturated heterocycles. The Morgan fingerprint density at radius 3 is 2.89 bits per heavy atom. The van der Waals surface area contributed by atoms with Gasteiger partial charge in [0.05, 0.1) is 0 Å². The van der Waals surface area contributed by atoms with Crippen LogP contribution in [0.5, 0.6) is 0 Å². The molecule has 0 N–H and O–H groups in total. The second-order valence-corrected chi connectivity index (χ2v) is 11.3. The number of fused-ring (bicyclic) bond motifs is 1. The van der Waals surface area contributed by atoms with E-state index >= 15 is 0 Å². The highest BCUT2D eigenvalue weighted by Gasteiger charge is 2.13. The van der Waals surface area contributed by atoms with Gasteiger partial charge in [0.1, 0.15) is 12.4 Å². The van der Waals surface area contributed by atoms with Crippen molar-refractivity contribution < 1.29 is 9.13 Å². The highest BCUT2D eigenvalue weighted by molar-refractivity contribution is 6.76. The monoisotopic (exact) mass is 266 g/mol. The lowest BCUT2D eigenvalue weighted by Crippen LogP contribution is -2.22. The first-order valence-electron chi connectivity index (χ1n) is 6.15. The molecule has 0 radical (unpaired) electrons. The molecular weight excluding hydrogens is 247 g/mol. The lowest BCUT2D eigenvalue weighted by Gasteiger charge is -2.15. The summed E-state index contributed by atoms with van der Waals surface area (Å²) in [5.41, 5.74) is 0.642. The van der Waals surface area contributed by atoms with Crippen LogP contribution in [0.3, 0.4) is 0 Å². The fourth-order valence-electron chi connectivity index (χ4n) is 1.71. The molecule has 2 rings (SSSR count). The number of rotatable bonds is 5. The van der Waals surface area contributed by atoms with Crippen molar-refractivity contribution in [2.75, 3.05) is 6.61 Å². The molecule has 0 aliphatic rings. The molecule has 98 valence electrons. The summed E-state index contributed by atoms with van der Waals surface area (Å²) in [6.07, 6.45) is 1.67. The van der Waals surface area contributed by atoms with Crippen LogP contribution in [0.4, 0.5) is 4.39 Å². The van der Waals surface area contributed by atoms with Crippen molar-refractivity contribution in [1.82, 2.24) is 9.55 Å². The summed E-state index contributed by atoms with van der Waals surface area (Å²) in [6.45, 7) is 7.80. The van der Waals surface area contributed by atoms with Crippen LogP contribution in [0.1, 0.15) is 0 Å². The van der Waals surface area contributed by atoms with Crippen molar-refractivity contribution in [3.63, 3.8) is 0 Å². The second kappa shape index (κ2) is 5.20. The van der Waals surface area contributed by atoms with Crippen molar-refractivity contribution in [2.45, 2.75) is 32.4 Å². The summed E-state index contributed by atoms with van der Waals surface area (Å²) in [5.74, 6) is -0.295. The van der Waals surface area contributed by atoms with Gasteiger partial charge in [0.15, 0.2) is 5.95 Å². The Balaban J connectivity index is 2.01. The maximum absolute atomic E-state index is 13.7. The van der Waals surface area contributed by atoms with Crippen molar-refractivity contribution in [2.24, 2.45) is 0 Å². The first-order valence-corrected chi connectivity index (χ1v) is 9.85. The second-order valence-electron chi connectivity index (χ2n) is 5.66. The number of hydrogen-bond acceptors (Lipinski definition) is 2. The molecular formula is C13H19FN2OSi. The molecule has 0 aromatic carbocycles. The fraction of sp³-hybridized carbons (Fsp3) is 0.462. The normalized spacial score (nSPS) is 12.2. The molecule has 0 aliphatic heterocycles. The number of halogens is 1. The molecule has 0 bridgehead atoms. The van der Waals surface area contributed by atoms with Crippen molar-refractivity contribution in [3.05, 3.63) is 30.3 Å². The molecule has 2 aromatic rings. The Morgan fingerprint density at radius 1 is 1.39 bits per heavy atom. The first kappa shape index (κ1) is 13.2. The van der Waals surface area contributed by atoms with Gasteiger partial charge in [-0.05, 0) is 18.2 Å². The van der Waals surface area contributed by atoms with Gasteiger partial charge in [-0.15, -0.1) is 0 Å². The molecule has 0 aliphatic carbocycles. The lowest BCUT2D eigenvalue weighted by atomic mass is 10.3. The Hall–Kier alpha value is -1.20. The Labute approximate surface area is 108 Å². The minimum Gasteiger partial charge on any atom is -0.361 e. The van der Waals surface area contributed by atoms with E-state index in [2.05, 4.69) is 24.6 Å². The van der Waals surface area contributed by atoms with Gasteiger partial charge < -0.3 is 4.74 Å². The molecule has 2 heterocycles. The molecule has 2 aromatic heterocycles. The van der Waals surface area contributed by atoms with Gasteiger partial charge in [0.25, 0.3) is 0 Å². The van der Waals surface area contributed by atoms with Crippen LogP contribution < -0.4 is 0 Å². The zero-order valence-corrected chi connectivity index (χ0v) is 12.1. The van der Waals surface area contributed by atoms with Crippen molar-refractivity contribution >= 4 is 19.1 Å². The van der Waals surface area contributed by atoms with Crippen LogP contribution in [-0.4, -0.2) is 24.2 Å². The average Bonchev–Trinajstić information content (AvgIpc) is 2.59. The van der Waals surface area contributed by atoms with Gasteiger partial charge in [0.2, 0.25) is 0 Å². The van der Waals surface area contributed by atoms with Gasteiger partial charge in [-0.3, -0.25) is 4.57 Å². The summed E-state index contributed by atoms with van der Waals surface area (Å²) in [4.78, 5) is 4.18. The van der Waals surface area contributed by atoms with Crippen molar-refractivity contribution in [3.8, 4) is 0 Å². The van der Waals surface area contributed by atoms with Gasteiger partial charge in [-0.2, -0.15) is 4.39 Å². The minimum absolute atomic E-state index is 0.233. The van der Waals surface area contributed by atoms with E-state index < -0.39 is 8.07 Å². The lowest BCUT2D eigenvalue weighted by molar-refractivity contribution is 0.0823. The summed E-state index contributed by atoms with van der Waals surface area (Å²) >= 11 is 0. The zero-order chi connectivity index (χ0) is 13.2. The number of pyridine rings is 1. The predicted molar refractivity (Wildman–Crippen MR) is 73.8 cm³/mol. The average molecular weight is 266 g/mol. The predicted octanol–water partition coefficient (Wildman–Crippen LogP) is 3.49. The molecule has 0 fully saturated rings. The number of aromatic nitrogens is 2. The maximum Gasteiger partial charge on any atom is 0.197 e. The van der Waals surface area contributed by atoms with E-state index in [9.17, 15) is 4.39 Å². The minimum atomic E-state index is -1.09. The third kappa shape index (κ3) is 3.17. The summed E-state index contributed by atoms with van der Waals surface area (Å²) in [7, 11) is -1.09. The maximum atomic E-state index is 13.7. The SMILES string of the molecule is C[Si](C)(C)CCOCn1c(F)cc2cccnc21. The van der Waals surface area contributed by atoms with E-state index in [-0.39, 0.29) is 12.7 Å². The van der Waals surface area contributed by atoms with Crippen LogP contribution in [0.2, 0.25) is 25.7 Å². The largest absolute Gasteiger partial charge is 0.361 e. The van der Waals surface area contributed by atoms with Crippen LogP contribution in [-0.2, 0) is 11.5 Å². The number of hydrogen-bond donors (Lipinski definition) is 0. The summed E-state index contributed by atoms with van der Waals surface area (Å²) < 4.78 is 20.7. The molecule has 0 amide bonds. The van der Waals surface area contributed by atoms with Crippen LogP contribution in [0, 0.1) is 5.95 Å². The highest BCUT2D eigenvalue weighted by Crippen LogP contribution is 2.16. The highest BCUT2D eigenvalue weighted by atomic mass is 28.3. The van der Waals surface area contributed by atoms with E-state index in [1.54, 1.807) is 12.3 Å². The quantitative estimate of drug-likeness (QED) is 0.612. The zero-order valence-electron chi connectivity index (χ0n) is 11.1. The third-order valence-corrected chi connectivity index (χ3v) is 4.53. The molecule has 3 nitrogen and oxygen atoms in total. The standard InChI is InChI=1S/C13H19FN2OSi/c1-18(2,3)8-7-17-10-16-12(14)9-11-5-4-6-15-13(11)16/h4-6,9H,7-8,10H2,1-3H3. The Kier molecular flexibility index (Phi) is 3.82. The van der Waals surface area contributed by atoms with Gasteiger partial charge in [-0.25, -0.2) is 4.98 Å². The van der Waals surface area contributed by atoms with Crippen LogP contribution in [0.15, 0.2) is 24.4 Å². The van der Waals surface area contributed by atoms with E-state index in [0.29, 0.717) is 12.3 Å². The molecule has 0 atom stereocenters. The molecule has 18 heavy (non-hydrogen) atoms. The van der Waals surface area contributed by atoms with Gasteiger partial charge >= 0.3 is 0 Å². The summed E-state index contributed by atoms with van der Waals surface area (Å²) in [5, 5.41) is 0.809. The van der Waals surface area contributed by atoms with E-state index in [1.165, 1.54) is 10.6 Å².